The van der Waals surface area contributed by atoms with E-state index in [2.05, 4.69) is 40.4 Å². The molecular weight excluding hydrogens is 412 g/mol. The molecule has 0 aliphatic heterocycles. The lowest BCUT2D eigenvalue weighted by Crippen LogP contribution is -2.17. The Morgan fingerprint density at radius 1 is 0.906 bits per heavy atom. The van der Waals surface area contributed by atoms with Crippen molar-refractivity contribution in [2.24, 2.45) is 5.16 Å². The molecule has 8 nitrogen and oxygen atoms in total. The van der Waals surface area contributed by atoms with E-state index in [-0.39, 0.29) is 0 Å². The van der Waals surface area contributed by atoms with E-state index in [0.717, 1.165) is 34.5 Å². The Kier molecular flexibility index (Phi) is 9.19. The van der Waals surface area contributed by atoms with Gasteiger partial charge in [0.05, 0.1) is 7.11 Å². The topological polar surface area (TPSA) is 109 Å². The average molecular weight is 438 g/mol. The van der Waals surface area contributed by atoms with Crippen molar-refractivity contribution < 1.29 is 29.4 Å². The highest BCUT2D eigenvalue weighted by atomic mass is 16.6. The molecule has 0 spiro atoms. The maximum absolute atomic E-state index is 9.10. The SMILES string of the molecule is COc1ccc(/C(=N\OCCN(C)C)c2cccc3ccccc23)cc1.O=C(O)C(=O)O. The summed E-state index contributed by atoms with van der Waals surface area (Å²) in [5, 5.41) is 21.6. The summed E-state index contributed by atoms with van der Waals surface area (Å²) in [7, 11) is 5.70. The minimum Gasteiger partial charge on any atom is -0.497 e. The highest BCUT2D eigenvalue weighted by Gasteiger charge is 2.12. The summed E-state index contributed by atoms with van der Waals surface area (Å²) in [4.78, 5) is 25.9. The molecule has 0 aliphatic carbocycles. The summed E-state index contributed by atoms with van der Waals surface area (Å²) in [5.41, 5.74) is 2.87. The van der Waals surface area contributed by atoms with Gasteiger partial charge in [-0.25, -0.2) is 9.59 Å². The summed E-state index contributed by atoms with van der Waals surface area (Å²) in [6, 6.07) is 22.5. The Bertz CT molecular complexity index is 1060. The normalized spacial score (nSPS) is 10.9. The summed E-state index contributed by atoms with van der Waals surface area (Å²) >= 11 is 0. The molecule has 2 N–H and O–H groups in total. The second-order valence-electron chi connectivity index (χ2n) is 6.94. The zero-order valence-corrected chi connectivity index (χ0v) is 18.2. The third kappa shape index (κ3) is 7.10. The molecule has 0 saturated carbocycles. The minimum atomic E-state index is -1.82. The smallest absolute Gasteiger partial charge is 0.414 e. The number of aliphatic carboxylic acids is 2. The first-order valence-electron chi connectivity index (χ1n) is 9.77. The van der Waals surface area contributed by atoms with Crippen molar-refractivity contribution in [1.82, 2.24) is 4.90 Å². The van der Waals surface area contributed by atoms with Crippen LogP contribution in [0.2, 0.25) is 0 Å². The monoisotopic (exact) mass is 438 g/mol. The molecule has 3 aromatic carbocycles. The molecule has 32 heavy (non-hydrogen) atoms. The fourth-order valence-corrected chi connectivity index (χ4v) is 2.77. The van der Waals surface area contributed by atoms with E-state index >= 15 is 0 Å². The van der Waals surface area contributed by atoms with E-state index in [4.69, 9.17) is 29.4 Å². The fourth-order valence-electron chi connectivity index (χ4n) is 2.77. The van der Waals surface area contributed by atoms with Gasteiger partial charge in [-0.05, 0) is 49.1 Å². The van der Waals surface area contributed by atoms with Crippen molar-refractivity contribution >= 4 is 28.4 Å². The van der Waals surface area contributed by atoms with E-state index in [9.17, 15) is 0 Å². The molecule has 0 amide bonds. The lowest BCUT2D eigenvalue weighted by molar-refractivity contribution is -0.159. The molecule has 0 bridgehead atoms. The molecule has 0 aromatic heterocycles. The third-order valence-corrected chi connectivity index (χ3v) is 4.38. The number of hydrogen-bond acceptors (Lipinski definition) is 6. The Labute approximate surface area is 186 Å². The van der Waals surface area contributed by atoms with Crippen LogP contribution in [0.4, 0.5) is 0 Å². The van der Waals surface area contributed by atoms with Crippen molar-refractivity contribution in [2.45, 2.75) is 0 Å². The van der Waals surface area contributed by atoms with Gasteiger partial charge in [-0.3, -0.25) is 0 Å². The number of carbonyl (C=O) groups is 2. The number of rotatable bonds is 7. The molecule has 0 fully saturated rings. The van der Waals surface area contributed by atoms with Crippen LogP contribution >= 0.6 is 0 Å². The molecule has 3 aromatic rings. The standard InChI is InChI=1S/C22H24N2O2.C2H2O4/c1-24(2)15-16-26-23-22(18-11-13-19(25-3)14-12-18)21-10-6-8-17-7-4-5-9-20(17)21;3-1(4)2(5)6/h4-14H,15-16H2,1-3H3;(H,3,4)(H,5,6)/b23-22+;. The zero-order chi connectivity index (χ0) is 23.5. The Morgan fingerprint density at radius 3 is 2.12 bits per heavy atom. The fraction of sp³-hybridized carbons (Fsp3) is 0.208. The number of ether oxygens (including phenoxy) is 1. The maximum atomic E-state index is 9.10. The molecule has 0 aliphatic rings. The second-order valence-corrected chi connectivity index (χ2v) is 6.94. The first kappa shape index (κ1) is 24.4. The Hall–Kier alpha value is -3.91. The quantitative estimate of drug-likeness (QED) is 0.252. The molecule has 0 radical (unpaired) electrons. The van der Waals surface area contributed by atoms with Gasteiger partial charge in [0.1, 0.15) is 18.1 Å². The van der Waals surface area contributed by atoms with Crippen LogP contribution in [-0.2, 0) is 14.4 Å². The van der Waals surface area contributed by atoms with E-state index < -0.39 is 11.9 Å². The number of likely N-dealkylation sites (N-methyl/N-ethyl adjacent to an activating group) is 1. The van der Waals surface area contributed by atoms with Crippen LogP contribution in [0.15, 0.2) is 71.9 Å². The van der Waals surface area contributed by atoms with Crippen LogP contribution in [-0.4, -0.2) is 67.1 Å². The first-order chi connectivity index (χ1) is 15.3. The predicted octanol–water partition coefficient (Wildman–Crippen LogP) is 3.33. The lowest BCUT2D eigenvalue weighted by Gasteiger charge is -2.12. The summed E-state index contributed by atoms with van der Waals surface area (Å²) in [5.74, 6) is -2.83. The second kappa shape index (κ2) is 12.1. The molecule has 168 valence electrons. The number of hydrogen-bond donors (Lipinski definition) is 2. The summed E-state index contributed by atoms with van der Waals surface area (Å²) < 4.78 is 5.27. The van der Waals surface area contributed by atoms with Crippen LogP contribution in [0, 0.1) is 0 Å². The van der Waals surface area contributed by atoms with Gasteiger partial charge in [0.2, 0.25) is 0 Å². The number of benzene rings is 3. The molecule has 8 heteroatoms. The zero-order valence-electron chi connectivity index (χ0n) is 18.2. The molecule has 0 saturated heterocycles. The van der Waals surface area contributed by atoms with Crippen LogP contribution in [0.25, 0.3) is 10.8 Å². The van der Waals surface area contributed by atoms with Gasteiger partial charge in [0, 0.05) is 17.7 Å². The average Bonchev–Trinajstić information content (AvgIpc) is 2.79. The van der Waals surface area contributed by atoms with Gasteiger partial charge in [-0.15, -0.1) is 0 Å². The van der Waals surface area contributed by atoms with Gasteiger partial charge in [-0.2, -0.15) is 0 Å². The largest absolute Gasteiger partial charge is 0.497 e. The Morgan fingerprint density at radius 2 is 1.53 bits per heavy atom. The van der Waals surface area contributed by atoms with Crippen LogP contribution in [0.1, 0.15) is 11.1 Å². The predicted molar refractivity (Wildman–Crippen MR) is 122 cm³/mol. The van der Waals surface area contributed by atoms with E-state index in [1.54, 1.807) is 7.11 Å². The third-order valence-electron chi connectivity index (χ3n) is 4.38. The number of methoxy groups -OCH3 is 1. The molecule has 0 atom stereocenters. The number of fused-ring (bicyclic) bond motifs is 1. The first-order valence-corrected chi connectivity index (χ1v) is 9.77. The van der Waals surface area contributed by atoms with Crippen LogP contribution < -0.4 is 4.74 Å². The van der Waals surface area contributed by atoms with Crippen molar-refractivity contribution in [3.63, 3.8) is 0 Å². The van der Waals surface area contributed by atoms with Crippen LogP contribution in [0.3, 0.4) is 0 Å². The number of carboxylic acids is 2. The van der Waals surface area contributed by atoms with E-state index in [0.29, 0.717) is 6.61 Å². The van der Waals surface area contributed by atoms with Gasteiger partial charge in [0.15, 0.2) is 0 Å². The number of oxime groups is 1. The Balaban J connectivity index is 0.000000534. The van der Waals surface area contributed by atoms with Gasteiger partial charge in [-0.1, -0.05) is 47.6 Å². The van der Waals surface area contributed by atoms with Gasteiger partial charge in [0.25, 0.3) is 0 Å². The summed E-state index contributed by atoms with van der Waals surface area (Å²) in [6.45, 7) is 1.35. The van der Waals surface area contributed by atoms with E-state index in [1.807, 2.05) is 50.5 Å². The molecule has 0 heterocycles. The number of nitrogens with zero attached hydrogens (tertiary/aromatic N) is 2. The maximum Gasteiger partial charge on any atom is 0.414 e. The number of carboxylic acid groups (broad SMARTS) is 2. The highest BCUT2D eigenvalue weighted by molar-refractivity contribution is 6.27. The van der Waals surface area contributed by atoms with Crippen molar-refractivity contribution in [3.05, 3.63) is 77.9 Å². The van der Waals surface area contributed by atoms with Crippen molar-refractivity contribution in [2.75, 3.05) is 34.4 Å². The molecule has 0 unspecified atom stereocenters. The lowest BCUT2D eigenvalue weighted by atomic mass is 9.96. The highest BCUT2D eigenvalue weighted by Crippen LogP contribution is 2.23. The van der Waals surface area contributed by atoms with Crippen LogP contribution in [0.5, 0.6) is 5.75 Å². The van der Waals surface area contributed by atoms with E-state index in [1.165, 1.54) is 5.39 Å². The summed E-state index contributed by atoms with van der Waals surface area (Å²) in [6.07, 6.45) is 0. The van der Waals surface area contributed by atoms with Gasteiger partial charge >= 0.3 is 11.9 Å². The minimum absolute atomic E-state index is 0.539. The molecular formula is C24H26N2O6. The van der Waals surface area contributed by atoms with Gasteiger partial charge < -0.3 is 24.7 Å². The van der Waals surface area contributed by atoms with Crippen molar-refractivity contribution in [1.29, 1.82) is 0 Å². The van der Waals surface area contributed by atoms with Crippen molar-refractivity contribution in [3.8, 4) is 5.75 Å². The molecule has 3 rings (SSSR count).